The van der Waals surface area contributed by atoms with E-state index in [1.54, 1.807) is 25.8 Å². The third-order valence-corrected chi connectivity index (χ3v) is 3.84. The lowest BCUT2D eigenvalue weighted by Crippen LogP contribution is -2.48. The highest BCUT2D eigenvalue weighted by Gasteiger charge is 2.35. The normalized spacial score (nSPS) is 24.1. The van der Waals surface area contributed by atoms with E-state index in [4.69, 9.17) is 4.74 Å². The summed E-state index contributed by atoms with van der Waals surface area (Å²) in [5, 5.41) is 5.07. The molecule has 1 saturated heterocycles. The molecule has 1 rings (SSSR count). The molecular weight excluding hydrogens is 228 g/mol. The molecule has 0 radical (unpaired) electrons. The highest BCUT2D eigenvalue weighted by atomic mass is 32.2. The molecule has 1 aliphatic heterocycles. The van der Waals surface area contributed by atoms with Gasteiger partial charge in [0.15, 0.2) is 0 Å². The first-order valence-corrected chi connectivity index (χ1v) is 6.48. The summed E-state index contributed by atoms with van der Waals surface area (Å²) in [5.74, 6) is 0.721. The van der Waals surface area contributed by atoms with Crippen molar-refractivity contribution < 1.29 is 14.3 Å². The smallest absolute Gasteiger partial charge is 0.309 e. The van der Waals surface area contributed by atoms with Crippen LogP contribution in [-0.2, 0) is 14.3 Å². The lowest BCUT2D eigenvalue weighted by Gasteiger charge is -2.26. The standard InChI is InChI=1S/C10H18N2O3S/c1-3-11-8(13)9(14)12-6-10(15-2)4-5-16-7-10/h3-7H2,1-2H3,(H,11,13)(H,12,14). The van der Waals surface area contributed by atoms with E-state index >= 15 is 0 Å². The minimum atomic E-state index is -0.588. The van der Waals surface area contributed by atoms with Gasteiger partial charge in [-0.25, -0.2) is 0 Å². The van der Waals surface area contributed by atoms with Crippen LogP contribution >= 0.6 is 11.8 Å². The quantitative estimate of drug-likeness (QED) is 0.672. The second-order valence-corrected chi connectivity index (χ2v) is 4.84. The van der Waals surface area contributed by atoms with Crippen molar-refractivity contribution in [2.75, 3.05) is 31.7 Å². The Kier molecular flexibility index (Phi) is 5.08. The Morgan fingerprint density at radius 1 is 1.38 bits per heavy atom. The van der Waals surface area contributed by atoms with E-state index in [1.165, 1.54) is 0 Å². The summed E-state index contributed by atoms with van der Waals surface area (Å²) in [6, 6.07) is 0. The van der Waals surface area contributed by atoms with Crippen LogP contribution in [0.1, 0.15) is 13.3 Å². The lowest BCUT2D eigenvalue weighted by molar-refractivity contribution is -0.139. The van der Waals surface area contributed by atoms with E-state index in [2.05, 4.69) is 10.6 Å². The third-order valence-electron chi connectivity index (χ3n) is 2.61. The number of carbonyl (C=O) groups is 2. The van der Waals surface area contributed by atoms with Gasteiger partial charge in [-0.2, -0.15) is 11.8 Å². The van der Waals surface area contributed by atoms with Crippen LogP contribution in [-0.4, -0.2) is 49.1 Å². The zero-order valence-electron chi connectivity index (χ0n) is 9.67. The summed E-state index contributed by atoms with van der Waals surface area (Å²) in [6.45, 7) is 2.62. The molecule has 1 fully saturated rings. The maximum atomic E-state index is 11.4. The topological polar surface area (TPSA) is 67.4 Å². The molecule has 0 bridgehead atoms. The fourth-order valence-electron chi connectivity index (χ4n) is 1.52. The molecule has 6 heteroatoms. The summed E-state index contributed by atoms with van der Waals surface area (Å²) >= 11 is 1.80. The first-order valence-electron chi connectivity index (χ1n) is 5.32. The van der Waals surface area contributed by atoms with E-state index in [9.17, 15) is 9.59 Å². The molecule has 16 heavy (non-hydrogen) atoms. The number of hydrogen-bond acceptors (Lipinski definition) is 4. The number of carbonyl (C=O) groups excluding carboxylic acids is 2. The molecule has 2 N–H and O–H groups in total. The molecule has 1 aliphatic rings. The second kappa shape index (κ2) is 6.10. The van der Waals surface area contributed by atoms with Crippen LogP contribution in [0.2, 0.25) is 0 Å². The molecule has 2 amide bonds. The van der Waals surface area contributed by atoms with Gasteiger partial charge >= 0.3 is 11.8 Å². The van der Waals surface area contributed by atoms with Gasteiger partial charge in [-0.3, -0.25) is 9.59 Å². The highest BCUT2D eigenvalue weighted by Crippen LogP contribution is 2.30. The van der Waals surface area contributed by atoms with Crippen LogP contribution < -0.4 is 10.6 Å². The maximum Gasteiger partial charge on any atom is 0.309 e. The number of nitrogens with one attached hydrogen (secondary N) is 2. The molecule has 0 aromatic heterocycles. The number of hydrogen-bond donors (Lipinski definition) is 2. The van der Waals surface area contributed by atoms with Gasteiger partial charge in [0.05, 0.1) is 5.60 Å². The minimum Gasteiger partial charge on any atom is -0.376 e. The van der Waals surface area contributed by atoms with Gasteiger partial charge in [-0.05, 0) is 19.1 Å². The van der Waals surface area contributed by atoms with Gasteiger partial charge in [0.25, 0.3) is 0 Å². The minimum absolute atomic E-state index is 0.299. The van der Waals surface area contributed by atoms with E-state index in [-0.39, 0.29) is 5.60 Å². The molecule has 1 atom stereocenters. The number of amides is 2. The number of methoxy groups -OCH3 is 1. The fraction of sp³-hybridized carbons (Fsp3) is 0.800. The molecule has 1 unspecified atom stereocenters. The largest absolute Gasteiger partial charge is 0.376 e. The van der Waals surface area contributed by atoms with Crippen molar-refractivity contribution in [3.63, 3.8) is 0 Å². The van der Waals surface area contributed by atoms with Gasteiger partial charge < -0.3 is 15.4 Å². The number of rotatable bonds is 4. The summed E-state index contributed by atoms with van der Waals surface area (Å²) in [5.41, 5.74) is -0.299. The predicted molar refractivity (Wildman–Crippen MR) is 63.4 cm³/mol. The van der Waals surface area contributed by atoms with Crippen LogP contribution in [0.15, 0.2) is 0 Å². The summed E-state index contributed by atoms with van der Waals surface area (Å²) in [7, 11) is 1.64. The Morgan fingerprint density at radius 2 is 2.06 bits per heavy atom. The van der Waals surface area contributed by atoms with Crippen molar-refractivity contribution in [3.8, 4) is 0 Å². The number of thioether (sulfide) groups is 1. The predicted octanol–water partition coefficient (Wildman–Crippen LogP) is -0.239. The van der Waals surface area contributed by atoms with Gasteiger partial charge in [0, 0.05) is 26.0 Å². The summed E-state index contributed by atoms with van der Waals surface area (Å²) < 4.78 is 5.42. The van der Waals surface area contributed by atoms with Crippen molar-refractivity contribution in [1.82, 2.24) is 10.6 Å². The maximum absolute atomic E-state index is 11.4. The molecule has 92 valence electrons. The summed E-state index contributed by atoms with van der Waals surface area (Å²) in [6.07, 6.45) is 0.907. The van der Waals surface area contributed by atoms with E-state index in [1.807, 2.05) is 0 Å². The average Bonchev–Trinajstić information content (AvgIpc) is 2.75. The van der Waals surface area contributed by atoms with Crippen molar-refractivity contribution in [1.29, 1.82) is 0 Å². The van der Waals surface area contributed by atoms with Crippen molar-refractivity contribution >= 4 is 23.6 Å². The zero-order chi connectivity index (χ0) is 12.0. The first-order chi connectivity index (χ1) is 7.63. The van der Waals surface area contributed by atoms with Crippen LogP contribution in [0.3, 0.4) is 0 Å². The Morgan fingerprint density at radius 3 is 2.56 bits per heavy atom. The van der Waals surface area contributed by atoms with Crippen molar-refractivity contribution in [3.05, 3.63) is 0 Å². The molecule has 5 nitrogen and oxygen atoms in total. The van der Waals surface area contributed by atoms with E-state index in [0.717, 1.165) is 17.9 Å². The monoisotopic (exact) mass is 246 g/mol. The molecular formula is C10H18N2O3S. The summed E-state index contributed by atoms with van der Waals surface area (Å²) in [4.78, 5) is 22.5. The Bertz CT molecular complexity index is 265. The van der Waals surface area contributed by atoms with Crippen molar-refractivity contribution in [2.24, 2.45) is 0 Å². The van der Waals surface area contributed by atoms with E-state index < -0.39 is 11.8 Å². The SMILES string of the molecule is CCNC(=O)C(=O)NCC1(OC)CCSC1. The number of likely N-dealkylation sites (N-methyl/N-ethyl adjacent to an activating group) is 1. The zero-order valence-corrected chi connectivity index (χ0v) is 10.5. The van der Waals surface area contributed by atoms with Crippen LogP contribution in [0.5, 0.6) is 0 Å². The van der Waals surface area contributed by atoms with Crippen LogP contribution in [0.4, 0.5) is 0 Å². The van der Waals surface area contributed by atoms with E-state index in [0.29, 0.717) is 13.1 Å². The molecule has 1 heterocycles. The molecule has 0 aromatic carbocycles. The molecule has 0 saturated carbocycles. The highest BCUT2D eigenvalue weighted by molar-refractivity contribution is 7.99. The van der Waals surface area contributed by atoms with Gasteiger partial charge in [0.1, 0.15) is 0 Å². The first kappa shape index (κ1) is 13.3. The van der Waals surface area contributed by atoms with Gasteiger partial charge in [0.2, 0.25) is 0 Å². The van der Waals surface area contributed by atoms with Gasteiger partial charge in [-0.15, -0.1) is 0 Å². The number of ether oxygens (including phenoxy) is 1. The molecule has 0 aliphatic carbocycles. The molecule has 0 spiro atoms. The average molecular weight is 246 g/mol. The Labute approximate surface area is 99.7 Å². The fourth-order valence-corrected chi connectivity index (χ4v) is 2.92. The van der Waals surface area contributed by atoms with Crippen molar-refractivity contribution in [2.45, 2.75) is 18.9 Å². The second-order valence-electron chi connectivity index (χ2n) is 3.73. The Hall–Kier alpha value is -0.750. The Balaban J connectivity index is 2.38. The van der Waals surface area contributed by atoms with Gasteiger partial charge in [-0.1, -0.05) is 0 Å². The van der Waals surface area contributed by atoms with Crippen LogP contribution in [0, 0.1) is 0 Å². The van der Waals surface area contributed by atoms with Crippen LogP contribution in [0.25, 0.3) is 0 Å². The molecule has 0 aromatic rings. The third kappa shape index (κ3) is 3.38. The lowest BCUT2D eigenvalue weighted by atomic mass is 10.0.